The molecule has 0 aliphatic carbocycles. The van der Waals surface area contributed by atoms with Crippen molar-refractivity contribution < 1.29 is 0 Å². The van der Waals surface area contributed by atoms with Gasteiger partial charge in [-0.3, -0.25) is 4.68 Å². The Kier molecular flexibility index (Phi) is 3.06. The van der Waals surface area contributed by atoms with Crippen molar-refractivity contribution in [3.05, 3.63) is 52.8 Å². The molecule has 0 atom stereocenters. The third-order valence-corrected chi connectivity index (χ3v) is 2.87. The fraction of sp³-hybridized carbons (Fsp3) is 0.308. The molecule has 1 aromatic heterocycles. The zero-order valence-electron chi connectivity index (χ0n) is 9.77. The molecule has 1 heterocycles. The van der Waals surface area contributed by atoms with Gasteiger partial charge in [0, 0.05) is 20.0 Å². The van der Waals surface area contributed by atoms with Gasteiger partial charge in [-0.05, 0) is 24.1 Å². The van der Waals surface area contributed by atoms with E-state index in [0.717, 1.165) is 17.8 Å². The Hall–Kier alpha value is -1.61. The van der Waals surface area contributed by atoms with E-state index in [9.17, 15) is 0 Å². The zero-order chi connectivity index (χ0) is 11.5. The molecule has 3 nitrogen and oxygen atoms in total. The maximum Gasteiger partial charge on any atom is 0.0671 e. The van der Waals surface area contributed by atoms with Crippen molar-refractivity contribution in [2.75, 3.05) is 0 Å². The minimum absolute atomic E-state index is 0.539. The summed E-state index contributed by atoms with van der Waals surface area (Å²) in [6.07, 6.45) is 0.876. The Bertz CT molecular complexity index is 486. The topological polar surface area (TPSA) is 43.8 Å². The second kappa shape index (κ2) is 4.49. The fourth-order valence-electron chi connectivity index (χ4n) is 1.85. The van der Waals surface area contributed by atoms with E-state index in [-0.39, 0.29) is 0 Å². The van der Waals surface area contributed by atoms with Crippen molar-refractivity contribution in [2.24, 2.45) is 12.8 Å². The lowest BCUT2D eigenvalue weighted by atomic mass is 10.0. The summed E-state index contributed by atoms with van der Waals surface area (Å²) in [6.45, 7) is 2.67. The molecule has 0 amide bonds. The van der Waals surface area contributed by atoms with Gasteiger partial charge >= 0.3 is 0 Å². The number of benzene rings is 1. The highest BCUT2D eigenvalue weighted by Crippen LogP contribution is 2.13. The summed E-state index contributed by atoms with van der Waals surface area (Å²) >= 11 is 0. The van der Waals surface area contributed by atoms with Crippen LogP contribution in [0.4, 0.5) is 0 Å². The van der Waals surface area contributed by atoms with E-state index in [1.54, 1.807) is 0 Å². The Morgan fingerprint density at radius 3 is 2.69 bits per heavy atom. The molecule has 84 valence electrons. The van der Waals surface area contributed by atoms with Crippen molar-refractivity contribution in [3.63, 3.8) is 0 Å². The molecule has 2 aromatic rings. The van der Waals surface area contributed by atoms with Crippen LogP contribution in [0.1, 0.15) is 22.5 Å². The van der Waals surface area contributed by atoms with Crippen LogP contribution in [0, 0.1) is 6.92 Å². The van der Waals surface area contributed by atoms with Crippen LogP contribution in [0.25, 0.3) is 0 Å². The molecule has 2 rings (SSSR count). The van der Waals surface area contributed by atoms with Crippen LogP contribution >= 0.6 is 0 Å². The van der Waals surface area contributed by atoms with E-state index in [0.29, 0.717) is 6.54 Å². The summed E-state index contributed by atoms with van der Waals surface area (Å²) in [5.74, 6) is 0. The fourth-order valence-corrected chi connectivity index (χ4v) is 1.85. The molecular weight excluding hydrogens is 198 g/mol. The third-order valence-electron chi connectivity index (χ3n) is 2.87. The molecule has 0 spiro atoms. The Labute approximate surface area is 95.9 Å². The molecule has 0 aliphatic heterocycles. The number of aromatic nitrogens is 2. The summed E-state index contributed by atoms with van der Waals surface area (Å²) < 4.78 is 1.85. The van der Waals surface area contributed by atoms with Crippen LogP contribution in [0.3, 0.4) is 0 Å². The quantitative estimate of drug-likeness (QED) is 0.848. The van der Waals surface area contributed by atoms with E-state index in [1.165, 1.54) is 11.1 Å². The molecule has 1 aromatic carbocycles. The summed E-state index contributed by atoms with van der Waals surface area (Å²) in [7, 11) is 1.93. The van der Waals surface area contributed by atoms with Gasteiger partial charge in [-0.1, -0.05) is 24.3 Å². The van der Waals surface area contributed by atoms with Gasteiger partial charge in [0.05, 0.1) is 11.4 Å². The largest absolute Gasteiger partial charge is 0.325 e. The van der Waals surface area contributed by atoms with Crippen LogP contribution in [0.5, 0.6) is 0 Å². The van der Waals surface area contributed by atoms with Crippen molar-refractivity contribution >= 4 is 0 Å². The first-order valence-corrected chi connectivity index (χ1v) is 5.47. The minimum Gasteiger partial charge on any atom is -0.325 e. The number of rotatable bonds is 3. The normalized spacial score (nSPS) is 10.7. The first kappa shape index (κ1) is 10.9. The van der Waals surface area contributed by atoms with Crippen molar-refractivity contribution in [1.29, 1.82) is 0 Å². The van der Waals surface area contributed by atoms with E-state index in [1.807, 2.05) is 11.7 Å². The summed E-state index contributed by atoms with van der Waals surface area (Å²) in [5.41, 5.74) is 10.4. The van der Waals surface area contributed by atoms with Gasteiger partial charge < -0.3 is 5.73 Å². The predicted molar refractivity (Wildman–Crippen MR) is 65.1 cm³/mol. The maximum absolute atomic E-state index is 5.63. The first-order chi connectivity index (χ1) is 7.70. The van der Waals surface area contributed by atoms with Crippen LogP contribution in [-0.2, 0) is 20.0 Å². The number of aryl methyl sites for hydroxylation is 2. The molecule has 0 bridgehead atoms. The monoisotopic (exact) mass is 215 g/mol. The summed E-state index contributed by atoms with van der Waals surface area (Å²) in [6, 6.07) is 10.5. The van der Waals surface area contributed by atoms with Gasteiger partial charge in [0.1, 0.15) is 0 Å². The number of hydrogen-bond acceptors (Lipinski definition) is 2. The van der Waals surface area contributed by atoms with Crippen molar-refractivity contribution in [1.82, 2.24) is 9.78 Å². The molecule has 0 unspecified atom stereocenters. The lowest BCUT2D eigenvalue weighted by molar-refractivity contribution is 0.701. The molecule has 16 heavy (non-hydrogen) atoms. The number of hydrogen-bond donors (Lipinski definition) is 1. The average molecular weight is 215 g/mol. The van der Waals surface area contributed by atoms with Crippen molar-refractivity contribution in [2.45, 2.75) is 19.9 Å². The van der Waals surface area contributed by atoms with Gasteiger partial charge in [-0.15, -0.1) is 0 Å². The van der Waals surface area contributed by atoms with E-state index in [2.05, 4.69) is 42.4 Å². The van der Waals surface area contributed by atoms with Crippen LogP contribution in [0.15, 0.2) is 30.3 Å². The zero-order valence-corrected chi connectivity index (χ0v) is 9.77. The Balaban J connectivity index is 2.24. The number of nitrogens with two attached hydrogens (primary N) is 1. The van der Waals surface area contributed by atoms with E-state index in [4.69, 9.17) is 5.73 Å². The Morgan fingerprint density at radius 1 is 1.31 bits per heavy atom. The predicted octanol–water partition coefficient (Wildman–Crippen LogP) is 1.78. The smallest absolute Gasteiger partial charge is 0.0671 e. The highest BCUT2D eigenvalue weighted by atomic mass is 15.3. The SMILES string of the molecule is Cc1ccccc1Cc1cc(CN)n(C)n1. The van der Waals surface area contributed by atoms with Gasteiger partial charge in [-0.25, -0.2) is 0 Å². The molecule has 0 radical (unpaired) electrons. The second-order valence-corrected chi connectivity index (χ2v) is 4.06. The molecule has 0 fully saturated rings. The molecule has 2 N–H and O–H groups in total. The lowest BCUT2D eigenvalue weighted by Gasteiger charge is -2.02. The molecule has 3 heteroatoms. The van der Waals surface area contributed by atoms with Gasteiger partial charge in [-0.2, -0.15) is 5.10 Å². The molecule has 0 saturated carbocycles. The Morgan fingerprint density at radius 2 is 2.06 bits per heavy atom. The first-order valence-electron chi connectivity index (χ1n) is 5.47. The average Bonchev–Trinajstić information content (AvgIpc) is 2.62. The maximum atomic E-state index is 5.63. The standard InChI is InChI=1S/C13H17N3/c1-10-5-3-4-6-11(10)7-12-8-13(9-14)16(2)15-12/h3-6,8H,7,9,14H2,1-2H3. The van der Waals surface area contributed by atoms with Gasteiger partial charge in [0.2, 0.25) is 0 Å². The van der Waals surface area contributed by atoms with Gasteiger partial charge in [0.15, 0.2) is 0 Å². The van der Waals surface area contributed by atoms with Crippen LogP contribution in [-0.4, -0.2) is 9.78 Å². The minimum atomic E-state index is 0.539. The molecular formula is C13H17N3. The van der Waals surface area contributed by atoms with Crippen molar-refractivity contribution in [3.8, 4) is 0 Å². The second-order valence-electron chi connectivity index (χ2n) is 4.06. The highest BCUT2D eigenvalue weighted by Gasteiger charge is 2.05. The number of nitrogens with zero attached hydrogens (tertiary/aromatic N) is 2. The summed E-state index contributed by atoms with van der Waals surface area (Å²) in [4.78, 5) is 0. The summed E-state index contributed by atoms with van der Waals surface area (Å²) in [5, 5.41) is 4.45. The van der Waals surface area contributed by atoms with Gasteiger partial charge in [0.25, 0.3) is 0 Å². The highest BCUT2D eigenvalue weighted by molar-refractivity contribution is 5.30. The third kappa shape index (κ3) is 2.14. The van der Waals surface area contributed by atoms with E-state index >= 15 is 0 Å². The van der Waals surface area contributed by atoms with Crippen LogP contribution in [0.2, 0.25) is 0 Å². The van der Waals surface area contributed by atoms with E-state index < -0.39 is 0 Å². The molecule has 0 saturated heterocycles. The lowest BCUT2D eigenvalue weighted by Crippen LogP contribution is -2.03. The molecule has 0 aliphatic rings. The van der Waals surface area contributed by atoms with Crippen LogP contribution < -0.4 is 5.73 Å².